The highest BCUT2D eigenvalue weighted by Crippen LogP contribution is 2.39. The maximum atomic E-state index is 12.6. The molecular weight excluding hydrogens is 408 g/mol. The van der Waals surface area contributed by atoms with E-state index in [4.69, 9.17) is 0 Å². The highest BCUT2D eigenvalue weighted by Gasteiger charge is 2.19. The number of carbonyl (C=O) groups is 2. The topological polar surface area (TPSA) is 116 Å². The van der Waals surface area contributed by atoms with E-state index in [1.807, 2.05) is 25.1 Å². The van der Waals surface area contributed by atoms with Gasteiger partial charge < -0.3 is 20.1 Å². The monoisotopic (exact) mass is 428 g/mol. The Morgan fingerprint density at radius 3 is 2.41 bits per heavy atom. The number of fused-ring (bicyclic) bond motifs is 1. The number of nitrogens with zero attached hydrogens (tertiary/aromatic N) is 3. The zero-order chi connectivity index (χ0) is 22.7. The Morgan fingerprint density at radius 1 is 0.938 bits per heavy atom. The Labute approximate surface area is 183 Å². The molecule has 0 aliphatic carbocycles. The molecule has 3 aromatic carbocycles. The summed E-state index contributed by atoms with van der Waals surface area (Å²) in [6, 6.07) is 20.3. The summed E-state index contributed by atoms with van der Waals surface area (Å²) in [5, 5.41) is 31.6. The van der Waals surface area contributed by atoms with Crippen LogP contribution >= 0.6 is 0 Å². The second-order valence-corrected chi connectivity index (χ2v) is 7.16. The number of benzene rings is 3. The predicted octanol–water partition coefficient (Wildman–Crippen LogP) is 4.92. The zero-order valence-electron chi connectivity index (χ0n) is 17.2. The van der Waals surface area contributed by atoms with Gasteiger partial charge in [-0.25, -0.2) is 0 Å². The fourth-order valence-corrected chi connectivity index (χ4v) is 3.38. The van der Waals surface area contributed by atoms with Crippen LogP contribution in [0.3, 0.4) is 0 Å². The maximum absolute atomic E-state index is 12.6. The van der Waals surface area contributed by atoms with Crippen molar-refractivity contribution in [3.05, 3.63) is 83.9 Å². The number of azo groups is 1. The summed E-state index contributed by atoms with van der Waals surface area (Å²) in [6.45, 7) is 1.72. The molecule has 0 radical (unpaired) electrons. The molecule has 0 spiro atoms. The Morgan fingerprint density at radius 2 is 1.62 bits per heavy atom. The molecule has 8 nitrogen and oxygen atoms in total. The SMILES string of the molecule is Cc1ccccc1NC(=O)Cn1c(O)c(N=NC(=O)c2ccccc2O)c2ccccc21. The highest BCUT2D eigenvalue weighted by atomic mass is 16.3. The number of phenols is 1. The minimum Gasteiger partial charge on any atom is -0.507 e. The summed E-state index contributed by atoms with van der Waals surface area (Å²) in [7, 11) is 0. The zero-order valence-corrected chi connectivity index (χ0v) is 17.2. The highest BCUT2D eigenvalue weighted by molar-refractivity contribution is 6.00. The molecule has 1 heterocycles. The van der Waals surface area contributed by atoms with Crippen LogP contribution in [0, 0.1) is 6.92 Å². The molecule has 0 bridgehead atoms. The van der Waals surface area contributed by atoms with Gasteiger partial charge in [0.05, 0.1) is 11.1 Å². The van der Waals surface area contributed by atoms with Gasteiger partial charge in [0.1, 0.15) is 12.3 Å². The van der Waals surface area contributed by atoms with Crippen molar-refractivity contribution in [2.45, 2.75) is 13.5 Å². The molecule has 0 aliphatic heterocycles. The van der Waals surface area contributed by atoms with Crippen LogP contribution in [-0.2, 0) is 11.3 Å². The number of phenolic OH excluding ortho intramolecular Hbond substituents is 1. The molecule has 1 aromatic heterocycles. The number of aromatic nitrogens is 1. The molecule has 160 valence electrons. The van der Waals surface area contributed by atoms with Crippen molar-refractivity contribution in [1.29, 1.82) is 0 Å². The van der Waals surface area contributed by atoms with Gasteiger partial charge >= 0.3 is 0 Å². The molecule has 0 atom stereocenters. The Hall–Kier alpha value is -4.46. The lowest BCUT2D eigenvalue weighted by Crippen LogP contribution is -2.18. The lowest BCUT2D eigenvalue weighted by molar-refractivity contribution is -0.116. The van der Waals surface area contributed by atoms with E-state index in [1.54, 1.807) is 42.5 Å². The van der Waals surface area contributed by atoms with Gasteiger partial charge in [0.2, 0.25) is 11.8 Å². The standard InChI is InChI=1S/C24H20N4O4/c1-15-8-2-5-11-18(15)25-21(30)14-28-19-12-6-3-9-16(19)22(24(28)32)26-27-23(31)17-10-4-7-13-20(17)29/h2-13,29,32H,14H2,1H3,(H,25,30). The van der Waals surface area contributed by atoms with Gasteiger partial charge in [-0.2, -0.15) is 0 Å². The number of rotatable bonds is 5. The first kappa shape index (κ1) is 20.8. The molecule has 0 saturated heterocycles. The number of amides is 2. The van der Waals surface area contributed by atoms with Crippen LogP contribution in [0.4, 0.5) is 11.4 Å². The molecule has 0 saturated carbocycles. The summed E-state index contributed by atoms with van der Waals surface area (Å²) in [4.78, 5) is 25.0. The van der Waals surface area contributed by atoms with Gasteiger partial charge in [-0.15, -0.1) is 10.2 Å². The van der Waals surface area contributed by atoms with Crippen LogP contribution in [0.15, 0.2) is 83.0 Å². The van der Waals surface area contributed by atoms with E-state index < -0.39 is 5.91 Å². The van der Waals surface area contributed by atoms with Crippen molar-refractivity contribution in [3.8, 4) is 11.6 Å². The van der Waals surface area contributed by atoms with E-state index in [0.717, 1.165) is 5.56 Å². The average Bonchev–Trinajstić information content (AvgIpc) is 3.05. The predicted molar refractivity (Wildman–Crippen MR) is 120 cm³/mol. The fraction of sp³-hybridized carbons (Fsp3) is 0.0833. The van der Waals surface area contributed by atoms with Gasteiger partial charge in [0, 0.05) is 11.1 Å². The third-order valence-corrected chi connectivity index (χ3v) is 5.01. The quantitative estimate of drug-likeness (QED) is 0.391. The van der Waals surface area contributed by atoms with Crippen molar-refractivity contribution in [3.63, 3.8) is 0 Å². The first-order chi connectivity index (χ1) is 15.5. The smallest absolute Gasteiger partial charge is 0.299 e. The summed E-state index contributed by atoms with van der Waals surface area (Å²) < 4.78 is 1.40. The van der Waals surface area contributed by atoms with E-state index in [2.05, 4.69) is 15.5 Å². The van der Waals surface area contributed by atoms with Gasteiger partial charge in [0.25, 0.3) is 5.91 Å². The van der Waals surface area contributed by atoms with Gasteiger partial charge in [-0.3, -0.25) is 9.59 Å². The molecule has 3 N–H and O–H groups in total. The third kappa shape index (κ3) is 4.06. The summed E-state index contributed by atoms with van der Waals surface area (Å²) in [5.41, 5.74) is 2.22. The Balaban J connectivity index is 1.65. The fourth-order valence-electron chi connectivity index (χ4n) is 3.38. The summed E-state index contributed by atoms with van der Waals surface area (Å²) in [6.07, 6.45) is 0. The van der Waals surface area contributed by atoms with Gasteiger partial charge in [-0.1, -0.05) is 48.5 Å². The molecule has 0 aliphatic rings. The number of aryl methyl sites for hydroxylation is 1. The number of aromatic hydroxyl groups is 2. The van der Waals surface area contributed by atoms with Crippen LogP contribution in [0.5, 0.6) is 11.6 Å². The largest absolute Gasteiger partial charge is 0.507 e. The number of hydrogen-bond donors (Lipinski definition) is 3. The lowest BCUT2D eigenvalue weighted by atomic mass is 10.2. The van der Waals surface area contributed by atoms with E-state index >= 15 is 0 Å². The average molecular weight is 428 g/mol. The first-order valence-electron chi connectivity index (χ1n) is 9.85. The van der Waals surface area contributed by atoms with Gasteiger partial charge in [-0.05, 0) is 36.8 Å². The second kappa shape index (κ2) is 8.73. The van der Waals surface area contributed by atoms with E-state index in [0.29, 0.717) is 16.6 Å². The minimum atomic E-state index is -0.753. The van der Waals surface area contributed by atoms with Crippen LogP contribution < -0.4 is 5.32 Å². The lowest BCUT2D eigenvalue weighted by Gasteiger charge is -2.10. The Kier molecular flexibility index (Phi) is 5.67. The van der Waals surface area contributed by atoms with E-state index in [9.17, 15) is 19.8 Å². The first-order valence-corrected chi connectivity index (χ1v) is 9.85. The number of nitrogens with one attached hydrogen (secondary N) is 1. The molecule has 8 heteroatoms. The summed E-state index contributed by atoms with van der Waals surface area (Å²) in [5.74, 6) is -1.59. The molecule has 0 fully saturated rings. The normalized spacial score (nSPS) is 11.2. The number of hydrogen-bond acceptors (Lipinski definition) is 5. The van der Waals surface area contributed by atoms with Crippen LogP contribution in [0.2, 0.25) is 0 Å². The van der Waals surface area contributed by atoms with Crippen LogP contribution in [-0.4, -0.2) is 26.6 Å². The number of anilines is 1. The minimum absolute atomic E-state index is 0.00270. The Bertz CT molecular complexity index is 1360. The second-order valence-electron chi connectivity index (χ2n) is 7.16. The molecule has 4 aromatic rings. The molecule has 2 amide bonds. The van der Waals surface area contributed by atoms with Crippen molar-refractivity contribution in [2.24, 2.45) is 10.2 Å². The van der Waals surface area contributed by atoms with Gasteiger partial charge in [0.15, 0.2) is 5.69 Å². The molecular formula is C24H20N4O4. The number of carbonyl (C=O) groups excluding carboxylic acids is 2. The van der Waals surface area contributed by atoms with E-state index in [1.165, 1.54) is 16.7 Å². The maximum Gasteiger partial charge on any atom is 0.299 e. The number of para-hydroxylation sites is 3. The van der Waals surface area contributed by atoms with E-state index in [-0.39, 0.29) is 35.3 Å². The molecule has 0 unspecified atom stereocenters. The summed E-state index contributed by atoms with van der Waals surface area (Å²) >= 11 is 0. The van der Waals surface area contributed by atoms with Crippen molar-refractivity contribution in [2.75, 3.05) is 5.32 Å². The third-order valence-electron chi connectivity index (χ3n) is 5.01. The van der Waals surface area contributed by atoms with Crippen LogP contribution in [0.1, 0.15) is 15.9 Å². The van der Waals surface area contributed by atoms with Crippen molar-refractivity contribution >= 4 is 34.1 Å². The molecule has 4 rings (SSSR count). The van der Waals surface area contributed by atoms with Crippen molar-refractivity contribution in [1.82, 2.24) is 4.57 Å². The molecule has 32 heavy (non-hydrogen) atoms. The van der Waals surface area contributed by atoms with Crippen molar-refractivity contribution < 1.29 is 19.8 Å². The van der Waals surface area contributed by atoms with Crippen LogP contribution in [0.25, 0.3) is 10.9 Å².